The second-order valence-corrected chi connectivity index (χ2v) is 6.54. The first-order chi connectivity index (χ1) is 9.70. The third-order valence-electron chi connectivity index (χ3n) is 2.95. The van der Waals surface area contributed by atoms with Crippen molar-refractivity contribution in [2.45, 2.75) is 23.7 Å². The van der Waals surface area contributed by atoms with Crippen LogP contribution in [0.3, 0.4) is 0 Å². The van der Waals surface area contributed by atoms with Crippen LogP contribution in [0.2, 0.25) is 0 Å². The number of thioether (sulfide) groups is 1. The summed E-state index contributed by atoms with van der Waals surface area (Å²) in [5, 5.41) is 15.1. The lowest BCUT2D eigenvalue weighted by Gasteiger charge is -2.27. The maximum Gasteiger partial charge on any atom is 0.150 e. The smallest absolute Gasteiger partial charge is 0.150 e. The highest BCUT2D eigenvalue weighted by atomic mass is 32.2. The summed E-state index contributed by atoms with van der Waals surface area (Å²) in [6.07, 6.45) is 0. The molecule has 1 aromatic carbocycles. The Hall–Kier alpha value is -1.35. The molecule has 0 radical (unpaired) electrons. The maximum absolute atomic E-state index is 9.70. The summed E-state index contributed by atoms with van der Waals surface area (Å²) in [6.45, 7) is 4.76. The summed E-state index contributed by atoms with van der Waals surface area (Å²) in [5.74, 6) is 0.647. The summed E-state index contributed by atoms with van der Waals surface area (Å²) >= 11 is 3.26. The highest BCUT2D eigenvalue weighted by Gasteiger charge is 2.31. The van der Waals surface area contributed by atoms with Crippen LogP contribution in [0.25, 0.3) is 0 Å². The molecule has 0 fully saturated rings. The van der Waals surface area contributed by atoms with E-state index in [1.165, 1.54) is 0 Å². The molecule has 3 nitrogen and oxygen atoms in total. The summed E-state index contributed by atoms with van der Waals surface area (Å²) in [5.41, 5.74) is 1.37. The molecule has 2 aromatic rings. The second-order valence-electron chi connectivity index (χ2n) is 4.46. The highest BCUT2D eigenvalue weighted by Crippen LogP contribution is 2.31. The fourth-order valence-electron chi connectivity index (χ4n) is 1.97. The molecule has 0 amide bonds. The minimum atomic E-state index is -0.666. The quantitative estimate of drug-likeness (QED) is 0.829. The highest BCUT2D eigenvalue weighted by molar-refractivity contribution is 8.01. The number of rotatable bonds is 6. The van der Waals surface area contributed by atoms with Gasteiger partial charge in [0.25, 0.3) is 0 Å². The summed E-state index contributed by atoms with van der Waals surface area (Å²) in [7, 11) is 0. The van der Waals surface area contributed by atoms with Gasteiger partial charge in [-0.15, -0.1) is 11.3 Å². The van der Waals surface area contributed by atoms with E-state index in [-0.39, 0.29) is 0 Å². The molecule has 1 heterocycles. The fraction of sp³-hybridized carbons (Fsp3) is 0.333. The van der Waals surface area contributed by atoms with Crippen molar-refractivity contribution in [3.63, 3.8) is 0 Å². The van der Waals surface area contributed by atoms with E-state index in [2.05, 4.69) is 16.4 Å². The average molecular weight is 303 g/mol. The Morgan fingerprint density at radius 2 is 2.15 bits per heavy atom. The van der Waals surface area contributed by atoms with Gasteiger partial charge in [-0.1, -0.05) is 49.0 Å². The third-order valence-corrected chi connectivity index (χ3v) is 5.26. The van der Waals surface area contributed by atoms with Crippen molar-refractivity contribution in [1.29, 1.82) is 5.26 Å². The minimum Gasteiger partial charge on any atom is -0.295 e. The Balaban J connectivity index is 2.21. The van der Waals surface area contributed by atoms with Crippen molar-refractivity contribution >= 4 is 23.1 Å². The van der Waals surface area contributed by atoms with Crippen LogP contribution in [-0.2, 0) is 5.54 Å². The zero-order valence-corrected chi connectivity index (χ0v) is 13.2. The van der Waals surface area contributed by atoms with Crippen LogP contribution in [0.4, 0.5) is 0 Å². The van der Waals surface area contributed by atoms with E-state index in [9.17, 15) is 5.26 Å². The van der Waals surface area contributed by atoms with Crippen LogP contribution in [-0.4, -0.2) is 17.3 Å². The molecule has 0 spiro atoms. The first kappa shape index (κ1) is 15.0. The van der Waals surface area contributed by atoms with E-state index in [1.807, 2.05) is 49.6 Å². The molecule has 5 heteroatoms. The first-order valence-electron chi connectivity index (χ1n) is 6.47. The maximum atomic E-state index is 9.70. The average Bonchev–Trinajstić information content (AvgIpc) is 2.90. The Labute approximate surface area is 128 Å². The number of aryl methyl sites for hydroxylation is 1. The monoisotopic (exact) mass is 303 g/mol. The predicted octanol–water partition coefficient (Wildman–Crippen LogP) is 3.57. The van der Waals surface area contributed by atoms with Gasteiger partial charge in [0, 0.05) is 16.8 Å². The van der Waals surface area contributed by atoms with Gasteiger partial charge in [0.05, 0.1) is 6.07 Å². The van der Waals surface area contributed by atoms with Gasteiger partial charge in [0.1, 0.15) is 9.88 Å². The molecule has 104 valence electrons. The van der Waals surface area contributed by atoms with E-state index in [0.29, 0.717) is 5.75 Å². The van der Waals surface area contributed by atoms with Gasteiger partial charge in [-0.05, 0) is 19.0 Å². The number of hydrogen-bond donors (Lipinski definition) is 1. The van der Waals surface area contributed by atoms with E-state index in [4.69, 9.17) is 0 Å². The van der Waals surface area contributed by atoms with Gasteiger partial charge in [-0.25, -0.2) is 4.98 Å². The largest absolute Gasteiger partial charge is 0.295 e. The number of aromatic nitrogens is 1. The standard InChI is InChI=1S/C15H17N3S2/c1-3-17-15(10-16,13-7-5-4-6-8-13)11-20-14-18-12(2)9-19-14/h4-9,17H,3,11H2,1-2H3. The summed E-state index contributed by atoms with van der Waals surface area (Å²) in [6, 6.07) is 12.4. The lowest BCUT2D eigenvalue weighted by atomic mass is 9.93. The Morgan fingerprint density at radius 3 is 2.70 bits per heavy atom. The molecule has 1 unspecified atom stereocenters. The third kappa shape index (κ3) is 3.40. The number of thiazole rings is 1. The van der Waals surface area contributed by atoms with Crippen LogP contribution in [0.1, 0.15) is 18.2 Å². The van der Waals surface area contributed by atoms with Crippen molar-refractivity contribution in [2.24, 2.45) is 0 Å². The zero-order valence-electron chi connectivity index (χ0n) is 11.6. The first-order valence-corrected chi connectivity index (χ1v) is 8.33. The number of nitrogens with zero attached hydrogens (tertiary/aromatic N) is 2. The number of nitrogens with one attached hydrogen (secondary N) is 1. The van der Waals surface area contributed by atoms with Crippen molar-refractivity contribution in [3.05, 3.63) is 47.0 Å². The van der Waals surface area contributed by atoms with Crippen molar-refractivity contribution < 1.29 is 0 Å². The van der Waals surface area contributed by atoms with Crippen molar-refractivity contribution in [2.75, 3.05) is 12.3 Å². The Bertz CT molecular complexity index is 589. The number of nitriles is 1. The van der Waals surface area contributed by atoms with E-state index in [0.717, 1.165) is 22.1 Å². The number of hydrogen-bond acceptors (Lipinski definition) is 5. The molecule has 0 saturated carbocycles. The molecular formula is C15H17N3S2. The van der Waals surface area contributed by atoms with Crippen LogP contribution < -0.4 is 5.32 Å². The van der Waals surface area contributed by atoms with E-state index in [1.54, 1.807) is 23.1 Å². The molecule has 2 rings (SSSR count). The lowest BCUT2D eigenvalue weighted by molar-refractivity contribution is 0.490. The molecule has 0 aliphatic carbocycles. The molecule has 1 N–H and O–H groups in total. The Kier molecular flexibility index (Phi) is 5.18. The molecule has 0 saturated heterocycles. The minimum absolute atomic E-state index is 0.647. The van der Waals surface area contributed by atoms with Crippen molar-refractivity contribution in [1.82, 2.24) is 10.3 Å². The SMILES string of the molecule is CCNC(C#N)(CSc1nc(C)cs1)c1ccccc1. The molecule has 0 bridgehead atoms. The van der Waals surface area contributed by atoms with Gasteiger partial charge in [-0.3, -0.25) is 5.32 Å². The van der Waals surface area contributed by atoms with E-state index < -0.39 is 5.54 Å². The predicted molar refractivity (Wildman–Crippen MR) is 85.0 cm³/mol. The van der Waals surface area contributed by atoms with E-state index >= 15 is 0 Å². The van der Waals surface area contributed by atoms with Gasteiger partial charge in [0.2, 0.25) is 0 Å². The van der Waals surface area contributed by atoms with Crippen molar-refractivity contribution in [3.8, 4) is 6.07 Å². The van der Waals surface area contributed by atoms with Gasteiger partial charge < -0.3 is 0 Å². The van der Waals surface area contributed by atoms with Crippen LogP contribution in [0, 0.1) is 18.3 Å². The molecule has 0 aliphatic heterocycles. The topological polar surface area (TPSA) is 48.7 Å². The molecular weight excluding hydrogens is 286 g/mol. The molecule has 1 atom stereocenters. The van der Waals surface area contributed by atoms with Crippen LogP contribution in [0.15, 0.2) is 40.1 Å². The second kappa shape index (κ2) is 6.89. The van der Waals surface area contributed by atoms with Crippen LogP contribution >= 0.6 is 23.1 Å². The molecule has 0 aliphatic rings. The molecule has 1 aromatic heterocycles. The number of benzene rings is 1. The summed E-state index contributed by atoms with van der Waals surface area (Å²) < 4.78 is 1.01. The lowest BCUT2D eigenvalue weighted by Crippen LogP contribution is -2.43. The molecule has 20 heavy (non-hydrogen) atoms. The van der Waals surface area contributed by atoms with Crippen LogP contribution in [0.5, 0.6) is 0 Å². The summed E-state index contributed by atoms with van der Waals surface area (Å²) in [4.78, 5) is 4.45. The van der Waals surface area contributed by atoms with Gasteiger partial charge >= 0.3 is 0 Å². The van der Waals surface area contributed by atoms with Gasteiger partial charge in [0.15, 0.2) is 0 Å². The normalized spacial score (nSPS) is 13.7. The Morgan fingerprint density at radius 1 is 1.40 bits per heavy atom. The zero-order chi connectivity index (χ0) is 14.4. The van der Waals surface area contributed by atoms with Gasteiger partial charge in [-0.2, -0.15) is 5.26 Å². The fourth-order valence-corrected chi connectivity index (χ4v) is 3.96.